The Morgan fingerprint density at radius 1 is 1.36 bits per heavy atom. The molecule has 3 amide bonds. The Bertz CT molecular complexity index is 475. The summed E-state index contributed by atoms with van der Waals surface area (Å²) >= 11 is 0. The third-order valence-electron chi connectivity index (χ3n) is 4.88. The molecule has 1 fully saturated rings. The van der Waals surface area contributed by atoms with Gasteiger partial charge < -0.3 is 15.8 Å². The van der Waals surface area contributed by atoms with Crippen LogP contribution in [0.15, 0.2) is 0 Å². The molecule has 0 radical (unpaired) electrons. The summed E-state index contributed by atoms with van der Waals surface area (Å²) in [5.41, 5.74) is 5.15. The smallest absolute Gasteiger partial charge is 0.233 e. The van der Waals surface area contributed by atoms with Gasteiger partial charge in [-0.15, -0.1) is 0 Å². The molecule has 0 spiro atoms. The van der Waals surface area contributed by atoms with Crippen molar-refractivity contribution in [1.82, 2.24) is 10.2 Å². The zero-order chi connectivity index (χ0) is 19.0. The molecule has 1 aliphatic rings. The molecule has 144 valence electrons. The van der Waals surface area contributed by atoms with Gasteiger partial charge in [0.05, 0.1) is 5.92 Å². The zero-order valence-corrected chi connectivity index (χ0v) is 16.0. The predicted octanol–water partition coefficient (Wildman–Crippen LogP) is 1.41. The average Bonchev–Trinajstić information content (AvgIpc) is 2.81. The number of nitrogens with two attached hydrogens (primary N) is 1. The molecule has 1 rings (SSSR count). The molecule has 0 aromatic rings. The summed E-state index contributed by atoms with van der Waals surface area (Å²) in [6, 6.07) is 0. The van der Waals surface area contributed by atoms with Gasteiger partial charge >= 0.3 is 0 Å². The van der Waals surface area contributed by atoms with Gasteiger partial charge in [0, 0.05) is 39.0 Å². The number of ether oxygens (including phenoxy) is 1. The van der Waals surface area contributed by atoms with Crippen molar-refractivity contribution in [2.45, 2.75) is 65.5 Å². The fourth-order valence-corrected chi connectivity index (χ4v) is 3.32. The van der Waals surface area contributed by atoms with Gasteiger partial charge in [-0.2, -0.15) is 0 Å². The molecule has 3 N–H and O–H groups in total. The van der Waals surface area contributed by atoms with Crippen molar-refractivity contribution in [3.8, 4) is 0 Å². The Hall–Kier alpha value is -1.47. The second-order valence-corrected chi connectivity index (χ2v) is 6.87. The first kappa shape index (κ1) is 21.6. The average molecular weight is 355 g/mol. The summed E-state index contributed by atoms with van der Waals surface area (Å²) < 4.78 is 5.36. The SMILES string of the molecule is CCOC(C)(N)CCNC(=O)CCN1C(=O)CC(C(CC)CC)C1=O. The van der Waals surface area contributed by atoms with Crippen LogP contribution in [-0.4, -0.2) is 48.0 Å². The molecule has 25 heavy (non-hydrogen) atoms. The van der Waals surface area contributed by atoms with E-state index in [-0.39, 0.29) is 48.9 Å². The predicted molar refractivity (Wildman–Crippen MR) is 95.4 cm³/mol. The van der Waals surface area contributed by atoms with Gasteiger partial charge in [-0.1, -0.05) is 26.7 Å². The van der Waals surface area contributed by atoms with E-state index in [0.29, 0.717) is 19.6 Å². The molecular formula is C18H33N3O4. The van der Waals surface area contributed by atoms with Crippen molar-refractivity contribution in [1.29, 1.82) is 0 Å². The first-order valence-corrected chi connectivity index (χ1v) is 9.29. The van der Waals surface area contributed by atoms with E-state index in [1.54, 1.807) is 6.92 Å². The minimum Gasteiger partial charge on any atom is -0.361 e. The van der Waals surface area contributed by atoms with Crippen LogP contribution in [0.25, 0.3) is 0 Å². The lowest BCUT2D eigenvalue weighted by Crippen LogP contribution is -2.43. The summed E-state index contributed by atoms with van der Waals surface area (Å²) in [6.45, 7) is 8.75. The number of rotatable bonds is 11. The fourth-order valence-electron chi connectivity index (χ4n) is 3.32. The Morgan fingerprint density at radius 3 is 2.56 bits per heavy atom. The van der Waals surface area contributed by atoms with Crippen LogP contribution in [0.3, 0.4) is 0 Å². The molecule has 0 saturated carbocycles. The molecule has 0 bridgehead atoms. The number of carbonyl (C=O) groups excluding carboxylic acids is 3. The first-order chi connectivity index (χ1) is 11.8. The highest BCUT2D eigenvalue weighted by molar-refractivity contribution is 6.03. The number of hydrogen-bond acceptors (Lipinski definition) is 5. The summed E-state index contributed by atoms with van der Waals surface area (Å²) in [6.07, 6.45) is 2.64. The number of hydrogen-bond donors (Lipinski definition) is 2. The summed E-state index contributed by atoms with van der Waals surface area (Å²) in [7, 11) is 0. The molecule has 0 aromatic carbocycles. The molecule has 2 atom stereocenters. The third-order valence-corrected chi connectivity index (χ3v) is 4.88. The van der Waals surface area contributed by atoms with Crippen LogP contribution in [0, 0.1) is 11.8 Å². The van der Waals surface area contributed by atoms with Crippen LogP contribution in [0.1, 0.15) is 59.8 Å². The van der Waals surface area contributed by atoms with Gasteiger partial charge in [-0.3, -0.25) is 19.3 Å². The lowest BCUT2D eigenvalue weighted by atomic mass is 9.87. The quantitative estimate of drug-likeness (QED) is 0.431. The molecule has 0 aliphatic carbocycles. The standard InChI is InChI=1S/C18H33N3O4/c1-5-13(6-2)14-12-16(23)21(17(14)24)11-8-15(22)20-10-9-18(4,19)25-7-3/h13-14H,5-12,19H2,1-4H3,(H,20,22). The topological polar surface area (TPSA) is 102 Å². The fraction of sp³-hybridized carbons (Fsp3) is 0.833. The van der Waals surface area contributed by atoms with Crippen molar-refractivity contribution in [3.05, 3.63) is 0 Å². The van der Waals surface area contributed by atoms with Crippen molar-refractivity contribution in [2.75, 3.05) is 19.7 Å². The van der Waals surface area contributed by atoms with Crippen molar-refractivity contribution < 1.29 is 19.1 Å². The van der Waals surface area contributed by atoms with Crippen molar-refractivity contribution in [3.63, 3.8) is 0 Å². The largest absolute Gasteiger partial charge is 0.361 e. The molecule has 1 aliphatic heterocycles. The minimum atomic E-state index is -0.772. The second-order valence-electron chi connectivity index (χ2n) is 6.87. The summed E-state index contributed by atoms with van der Waals surface area (Å²) in [5.74, 6) is -0.484. The Balaban J connectivity index is 2.41. The van der Waals surface area contributed by atoms with Crippen LogP contribution in [0.2, 0.25) is 0 Å². The highest BCUT2D eigenvalue weighted by Crippen LogP contribution is 2.30. The van der Waals surface area contributed by atoms with Gasteiger partial charge in [0.1, 0.15) is 5.72 Å². The van der Waals surface area contributed by atoms with Crippen molar-refractivity contribution in [2.24, 2.45) is 17.6 Å². The van der Waals surface area contributed by atoms with Gasteiger partial charge in [0.2, 0.25) is 17.7 Å². The van der Waals surface area contributed by atoms with Gasteiger partial charge in [0.25, 0.3) is 0 Å². The Kier molecular flexibility index (Phi) is 8.52. The second kappa shape index (κ2) is 9.87. The normalized spacial score (nSPS) is 20.2. The van der Waals surface area contributed by atoms with Crippen LogP contribution in [0.4, 0.5) is 0 Å². The lowest BCUT2D eigenvalue weighted by Gasteiger charge is -2.24. The summed E-state index contributed by atoms with van der Waals surface area (Å²) in [5, 5.41) is 2.76. The summed E-state index contributed by atoms with van der Waals surface area (Å²) in [4.78, 5) is 37.7. The van der Waals surface area contributed by atoms with E-state index < -0.39 is 5.72 Å². The number of carbonyl (C=O) groups is 3. The van der Waals surface area contributed by atoms with E-state index in [9.17, 15) is 14.4 Å². The van der Waals surface area contributed by atoms with Crippen molar-refractivity contribution >= 4 is 17.7 Å². The van der Waals surface area contributed by atoms with E-state index in [1.165, 1.54) is 4.90 Å². The molecule has 0 aromatic heterocycles. The number of likely N-dealkylation sites (tertiary alicyclic amines) is 1. The highest BCUT2D eigenvalue weighted by atomic mass is 16.5. The van der Waals surface area contributed by atoms with Crippen LogP contribution < -0.4 is 11.1 Å². The third kappa shape index (κ3) is 6.40. The molecule has 7 heteroatoms. The van der Waals surface area contributed by atoms with Crippen LogP contribution >= 0.6 is 0 Å². The maximum absolute atomic E-state index is 12.4. The Morgan fingerprint density at radius 2 is 2.00 bits per heavy atom. The van der Waals surface area contributed by atoms with Crippen LogP contribution in [0.5, 0.6) is 0 Å². The van der Waals surface area contributed by atoms with E-state index in [1.807, 2.05) is 20.8 Å². The lowest BCUT2D eigenvalue weighted by molar-refractivity contribution is -0.140. The minimum absolute atomic E-state index is 0.114. The number of imide groups is 1. The molecular weight excluding hydrogens is 322 g/mol. The number of nitrogens with zero attached hydrogens (tertiary/aromatic N) is 1. The van der Waals surface area contributed by atoms with Crippen LogP contribution in [-0.2, 0) is 19.1 Å². The van der Waals surface area contributed by atoms with Gasteiger partial charge in [-0.05, 0) is 19.8 Å². The van der Waals surface area contributed by atoms with Gasteiger partial charge in [0.15, 0.2) is 0 Å². The molecule has 7 nitrogen and oxygen atoms in total. The van der Waals surface area contributed by atoms with E-state index >= 15 is 0 Å². The van der Waals surface area contributed by atoms with E-state index in [0.717, 1.165) is 12.8 Å². The van der Waals surface area contributed by atoms with Gasteiger partial charge in [-0.25, -0.2) is 0 Å². The maximum atomic E-state index is 12.4. The molecule has 2 unspecified atom stereocenters. The Labute approximate surface area is 150 Å². The molecule has 1 heterocycles. The number of nitrogens with one attached hydrogen (secondary N) is 1. The highest BCUT2D eigenvalue weighted by Gasteiger charge is 2.41. The van der Waals surface area contributed by atoms with E-state index in [2.05, 4.69) is 5.32 Å². The molecule has 1 saturated heterocycles. The number of amides is 3. The first-order valence-electron chi connectivity index (χ1n) is 9.29. The van der Waals surface area contributed by atoms with E-state index in [4.69, 9.17) is 10.5 Å². The maximum Gasteiger partial charge on any atom is 0.233 e. The monoisotopic (exact) mass is 355 g/mol. The zero-order valence-electron chi connectivity index (χ0n) is 16.0.